The SMILES string of the molecule is O=C(c1ccccc1NS(=O)(=O)c1ccc(F)cc1)N1CCN(CCc2ccccc2)CC1. The van der Waals surface area contributed by atoms with E-state index in [1.807, 2.05) is 18.2 Å². The van der Waals surface area contributed by atoms with E-state index >= 15 is 0 Å². The van der Waals surface area contributed by atoms with Crippen molar-refractivity contribution in [2.75, 3.05) is 37.4 Å². The van der Waals surface area contributed by atoms with Crippen LogP contribution in [0.5, 0.6) is 0 Å². The number of hydrogen-bond acceptors (Lipinski definition) is 4. The Morgan fingerprint density at radius 3 is 2.18 bits per heavy atom. The van der Waals surface area contributed by atoms with Crippen molar-refractivity contribution in [3.8, 4) is 0 Å². The number of nitrogens with one attached hydrogen (secondary N) is 1. The maximum atomic E-state index is 13.2. The Balaban J connectivity index is 1.40. The van der Waals surface area contributed by atoms with Crippen LogP contribution >= 0.6 is 0 Å². The molecule has 1 N–H and O–H groups in total. The lowest BCUT2D eigenvalue weighted by atomic mass is 10.1. The Morgan fingerprint density at radius 1 is 0.848 bits per heavy atom. The van der Waals surface area contributed by atoms with Gasteiger partial charge in [0.25, 0.3) is 15.9 Å². The number of rotatable bonds is 7. The van der Waals surface area contributed by atoms with E-state index in [4.69, 9.17) is 0 Å². The van der Waals surface area contributed by atoms with E-state index in [0.29, 0.717) is 18.7 Å². The maximum absolute atomic E-state index is 13.2. The Hall–Kier alpha value is -3.23. The van der Waals surface area contributed by atoms with Gasteiger partial charge in [0, 0.05) is 32.7 Å². The predicted molar refractivity (Wildman–Crippen MR) is 126 cm³/mol. The van der Waals surface area contributed by atoms with Gasteiger partial charge < -0.3 is 4.90 Å². The van der Waals surface area contributed by atoms with E-state index in [9.17, 15) is 17.6 Å². The molecule has 0 saturated carbocycles. The number of hydrogen-bond donors (Lipinski definition) is 1. The van der Waals surface area contributed by atoms with Gasteiger partial charge in [0.2, 0.25) is 0 Å². The minimum absolute atomic E-state index is 0.0711. The minimum atomic E-state index is -3.95. The summed E-state index contributed by atoms with van der Waals surface area (Å²) in [6.07, 6.45) is 0.961. The highest BCUT2D eigenvalue weighted by Crippen LogP contribution is 2.22. The topological polar surface area (TPSA) is 69.7 Å². The largest absolute Gasteiger partial charge is 0.336 e. The molecule has 0 aliphatic carbocycles. The third-order valence-corrected chi connectivity index (χ3v) is 7.13. The molecule has 1 heterocycles. The lowest BCUT2D eigenvalue weighted by molar-refractivity contribution is 0.0639. The van der Waals surface area contributed by atoms with Gasteiger partial charge in [0.05, 0.1) is 16.1 Å². The van der Waals surface area contributed by atoms with Crippen molar-refractivity contribution in [3.63, 3.8) is 0 Å². The second-order valence-electron chi connectivity index (χ2n) is 7.97. The molecule has 0 atom stereocenters. The number of nitrogens with zero attached hydrogens (tertiary/aromatic N) is 2. The van der Waals surface area contributed by atoms with Gasteiger partial charge in [-0.2, -0.15) is 0 Å². The number of carbonyl (C=O) groups excluding carboxylic acids is 1. The summed E-state index contributed by atoms with van der Waals surface area (Å²) < 4.78 is 41.1. The summed E-state index contributed by atoms with van der Waals surface area (Å²) in [5.41, 5.74) is 1.79. The van der Waals surface area contributed by atoms with Crippen LogP contribution in [-0.4, -0.2) is 56.8 Å². The minimum Gasteiger partial charge on any atom is -0.336 e. The summed E-state index contributed by atoms with van der Waals surface area (Å²) in [5, 5.41) is 0. The molecule has 1 amide bonds. The summed E-state index contributed by atoms with van der Waals surface area (Å²) in [6.45, 7) is 3.61. The fourth-order valence-electron chi connectivity index (χ4n) is 3.85. The van der Waals surface area contributed by atoms with Crippen molar-refractivity contribution in [1.82, 2.24) is 9.80 Å². The van der Waals surface area contributed by atoms with E-state index in [1.165, 1.54) is 17.7 Å². The Kier molecular flexibility index (Phi) is 7.05. The van der Waals surface area contributed by atoms with Gasteiger partial charge in [-0.15, -0.1) is 0 Å². The predicted octanol–water partition coefficient (Wildman–Crippen LogP) is 3.63. The van der Waals surface area contributed by atoms with Crippen molar-refractivity contribution in [2.24, 2.45) is 0 Å². The maximum Gasteiger partial charge on any atom is 0.261 e. The molecule has 3 aromatic carbocycles. The molecule has 6 nitrogen and oxygen atoms in total. The van der Waals surface area contributed by atoms with Crippen LogP contribution in [0.4, 0.5) is 10.1 Å². The first-order chi connectivity index (χ1) is 15.9. The number of piperazine rings is 1. The first kappa shape index (κ1) is 22.9. The summed E-state index contributed by atoms with van der Waals surface area (Å²) in [4.78, 5) is 17.2. The van der Waals surface area contributed by atoms with Crippen LogP contribution in [0.25, 0.3) is 0 Å². The second kappa shape index (κ2) is 10.1. The summed E-state index contributed by atoms with van der Waals surface area (Å²) in [7, 11) is -3.95. The molecule has 33 heavy (non-hydrogen) atoms. The van der Waals surface area contributed by atoms with Crippen LogP contribution in [-0.2, 0) is 16.4 Å². The average molecular weight is 468 g/mol. The van der Waals surface area contributed by atoms with Crippen LogP contribution in [0, 0.1) is 5.82 Å². The molecule has 1 aliphatic rings. The molecular formula is C25H26FN3O3S. The average Bonchev–Trinajstić information content (AvgIpc) is 2.84. The van der Waals surface area contributed by atoms with Gasteiger partial charge >= 0.3 is 0 Å². The lowest BCUT2D eigenvalue weighted by Crippen LogP contribution is -2.49. The van der Waals surface area contributed by atoms with E-state index in [1.54, 1.807) is 29.2 Å². The normalized spacial score (nSPS) is 14.8. The summed E-state index contributed by atoms with van der Waals surface area (Å²) in [6, 6.07) is 21.4. The van der Waals surface area contributed by atoms with Crippen LogP contribution in [0.15, 0.2) is 83.8 Å². The Bertz CT molecular complexity index is 1190. The quantitative estimate of drug-likeness (QED) is 0.576. The zero-order valence-corrected chi connectivity index (χ0v) is 19.0. The molecular weight excluding hydrogens is 441 g/mol. The fraction of sp³-hybridized carbons (Fsp3) is 0.240. The van der Waals surface area contributed by atoms with Gasteiger partial charge in [0.15, 0.2) is 0 Å². The molecule has 172 valence electrons. The third-order valence-electron chi connectivity index (χ3n) is 5.74. The summed E-state index contributed by atoms with van der Waals surface area (Å²) in [5.74, 6) is -0.734. The Labute approximate surface area is 193 Å². The van der Waals surface area contributed by atoms with E-state index in [-0.39, 0.29) is 16.5 Å². The molecule has 3 aromatic rings. The van der Waals surface area contributed by atoms with Crippen molar-refractivity contribution < 1.29 is 17.6 Å². The first-order valence-corrected chi connectivity index (χ1v) is 12.3. The third kappa shape index (κ3) is 5.77. The number of halogens is 1. The van der Waals surface area contributed by atoms with Gasteiger partial charge in [-0.05, 0) is 48.4 Å². The van der Waals surface area contributed by atoms with Gasteiger partial charge in [-0.3, -0.25) is 14.4 Å². The van der Waals surface area contributed by atoms with Crippen LogP contribution in [0.1, 0.15) is 15.9 Å². The highest BCUT2D eigenvalue weighted by atomic mass is 32.2. The van der Waals surface area contributed by atoms with Crippen LogP contribution < -0.4 is 4.72 Å². The smallest absolute Gasteiger partial charge is 0.261 e. The highest BCUT2D eigenvalue weighted by Gasteiger charge is 2.25. The number of amides is 1. The number of anilines is 1. The highest BCUT2D eigenvalue weighted by molar-refractivity contribution is 7.92. The fourth-order valence-corrected chi connectivity index (χ4v) is 4.93. The zero-order valence-electron chi connectivity index (χ0n) is 18.2. The molecule has 0 unspecified atom stereocenters. The van der Waals surface area contributed by atoms with Crippen molar-refractivity contribution in [2.45, 2.75) is 11.3 Å². The van der Waals surface area contributed by atoms with Crippen molar-refractivity contribution in [1.29, 1.82) is 0 Å². The molecule has 1 saturated heterocycles. The molecule has 4 rings (SSSR count). The number of carbonyl (C=O) groups is 1. The molecule has 0 radical (unpaired) electrons. The molecule has 0 bridgehead atoms. The molecule has 8 heteroatoms. The Morgan fingerprint density at radius 2 is 1.48 bits per heavy atom. The van der Waals surface area contributed by atoms with Crippen molar-refractivity contribution in [3.05, 3.63) is 95.8 Å². The number of sulfonamides is 1. The van der Waals surface area contributed by atoms with E-state index in [0.717, 1.165) is 38.2 Å². The van der Waals surface area contributed by atoms with Gasteiger partial charge in [-0.25, -0.2) is 12.8 Å². The molecule has 0 aromatic heterocycles. The number of benzene rings is 3. The molecule has 0 spiro atoms. The van der Waals surface area contributed by atoms with Crippen LogP contribution in [0.2, 0.25) is 0 Å². The monoisotopic (exact) mass is 467 g/mol. The summed E-state index contributed by atoms with van der Waals surface area (Å²) >= 11 is 0. The van der Waals surface area contributed by atoms with Gasteiger partial charge in [0.1, 0.15) is 5.82 Å². The first-order valence-electron chi connectivity index (χ1n) is 10.9. The molecule has 1 fully saturated rings. The standard InChI is InChI=1S/C25H26FN3O3S/c26-21-10-12-22(13-11-21)33(31,32)27-24-9-5-4-8-23(24)25(30)29-18-16-28(17-19-29)15-14-20-6-2-1-3-7-20/h1-13,27H,14-19H2. The van der Waals surface area contributed by atoms with E-state index in [2.05, 4.69) is 21.8 Å². The lowest BCUT2D eigenvalue weighted by Gasteiger charge is -2.35. The zero-order chi connectivity index (χ0) is 23.3. The van der Waals surface area contributed by atoms with E-state index < -0.39 is 15.8 Å². The molecule has 1 aliphatic heterocycles. The van der Waals surface area contributed by atoms with Gasteiger partial charge in [-0.1, -0.05) is 42.5 Å². The van der Waals surface area contributed by atoms with Crippen LogP contribution in [0.3, 0.4) is 0 Å². The van der Waals surface area contributed by atoms with Crippen molar-refractivity contribution >= 4 is 21.6 Å². The number of para-hydroxylation sites is 1. The second-order valence-corrected chi connectivity index (χ2v) is 9.66.